The summed E-state index contributed by atoms with van der Waals surface area (Å²) in [6.07, 6.45) is -2.65. The lowest BCUT2D eigenvalue weighted by atomic mass is 10.0. The third-order valence-corrected chi connectivity index (χ3v) is 3.54. The maximum Gasteiger partial charge on any atom is 0.415 e. The second-order valence-corrected chi connectivity index (χ2v) is 6.46. The molecule has 1 unspecified atom stereocenters. The zero-order chi connectivity index (χ0) is 15.8. The first-order chi connectivity index (χ1) is 9.58. The fourth-order valence-corrected chi connectivity index (χ4v) is 2.74. The van der Waals surface area contributed by atoms with Gasteiger partial charge in [-0.3, -0.25) is 4.90 Å². The van der Waals surface area contributed by atoms with Gasteiger partial charge in [0.1, 0.15) is 0 Å². The molecule has 0 amide bonds. The van der Waals surface area contributed by atoms with Crippen LogP contribution < -0.4 is 0 Å². The molecular formula is C14H22F3N3O. The minimum absolute atomic E-state index is 0.143. The van der Waals surface area contributed by atoms with Crippen LogP contribution in [0.4, 0.5) is 13.2 Å². The van der Waals surface area contributed by atoms with Gasteiger partial charge in [-0.2, -0.15) is 13.2 Å². The zero-order valence-corrected chi connectivity index (χ0v) is 12.8. The van der Waals surface area contributed by atoms with Crippen molar-refractivity contribution in [2.24, 2.45) is 0 Å². The Kier molecular flexibility index (Phi) is 4.35. The second kappa shape index (κ2) is 5.61. The van der Waals surface area contributed by atoms with E-state index in [1.807, 2.05) is 18.4 Å². The Morgan fingerprint density at radius 3 is 2.67 bits per heavy atom. The van der Waals surface area contributed by atoms with Gasteiger partial charge in [0.2, 0.25) is 0 Å². The Bertz CT molecular complexity index is 482. The van der Waals surface area contributed by atoms with Crippen molar-refractivity contribution in [3.63, 3.8) is 0 Å². The van der Waals surface area contributed by atoms with Crippen LogP contribution in [0.15, 0.2) is 12.5 Å². The maximum absolute atomic E-state index is 13.0. The molecule has 2 heterocycles. The number of halogens is 3. The van der Waals surface area contributed by atoms with E-state index >= 15 is 0 Å². The first kappa shape index (κ1) is 16.3. The monoisotopic (exact) mass is 305 g/mol. The average Bonchev–Trinajstić information content (AvgIpc) is 2.73. The van der Waals surface area contributed by atoms with Crippen molar-refractivity contribution in [2.75, 3.05) is 13.1 Å². The van der Waals surface area contributed by atoms with Crippen molar-refractivity contribution in [2.45, 2.75) is 58.2 Å². The van der Waals surface area contributed by atoms with Crippen molar-refractivity contribution in [1.82, 2.24) is 14.5 Å². The third kappa shape index (κ3) is 3.97. The zero-order valence-electron chi connectivity index (χ0n) is 12.8. The molecular weight excluding hydrogens is 283 g/mol. The normalized spacial score (nSPS) is 23.7. The lowest BCUT2D eigenvalue weighted by Gasteiger charge is -2.43. The number of nitrogens with zero attached hydrogens (tertiary/aromatic N) is 3. The molecule has 0 aromatic carbocycles. The molecule has 2 rings (SSSR count). The van der Waals surface area contributed by atoms with E-state index in [0.717, 1.165) is 5.69 Å². The standard InChI is InChI=1S/C14H22F3N3O/c1-10(2)20-9-18-5-11(20)6-19-7-12(14(15,16)17)21-13(3,4)8-19/h5,9-10,12H,6-8H2,1-4H3. The molecule has 1 saturated heterocycles. The van der Waals surface area contributed by atoms with Gasteiger partial charge in [-0.25, -0.2) is 4.98 Å². The van der Waals surface area contributed by atoms with Crippen LogP contribution in [-0.4, -0.2) is 45.4 Å². The van der Waals surface area contributed by atoms with Crippen LogP contribution in [0.5, 0.6) is 0 Å². The SMILES string of the molecule is CC(C)n1cncc1CN1CC(C(F)(F)F)OC(C)(C)C1. The van der Waals surface area contributed by atoms with Crippen LogP contribution in [-0.2, 0) is 11.3 Å². The summed E-state index contributed by atoms with van der Waals surface area (Å²) in [6, 6.07) is 0.231. The number of morpholine rings is 1. The first-order valence-electron chi connectivity index (χ1n) is 7.06. The highest BCUT2D eigenvalue weighted by Crippen LogP contribution is 2.32. The summed E-state index contributed by atoms with van der Waals surface area (Å²) >= 11 is 0. The highest BCUT2D eigenvalue weighted by Gasteiger charge is 2.48. The average molecular weight is 305 g/mol. The van der Waals surface area contributed by atoms with Crippen LogP contribution in [0.3, 0.4) is 0 Å². The smallest absolute Gasteiger partial charge is 0.360 e. The molecule has 1 fully saturated rings. The van der Waals surface area contributed by atoms with E-state index in [-0.39, 0.29) is 12.6 Å². The Labute approximate surface area is 122 Å². The van der Waals surface area contributed by atoms with Gasteiger partial charge in [-0.15, -0.1) is 0 Å². The van der Waals surface area contributed by atoms with E-state index in [0.29, 0.717) is 13.1 Å². The molecule has 4 nitrogen and oxygen atoms in total. The van der Waals surface area contributed by atoms with Crippen LogP contribution >= 0.6 is 0 Å². The molecule has 0 saturated carbocycles. The largest absolute Gasteiger partial charge is 0.415 e. The van der Waals surface area contributed by atoms with Gasteiger partial charge in [0.15, 0.2) is 6.10 Å². The van der Waals surface area contributed by atoms with Gasteiger partial charge in [0.05, 0.1) is 17.6 Å². The number of hydrogen-bond acceptors (Lipinski definition) is 3. The number of ether oxygens (including phenoxy) is 1. The summed E-state index contributed by atoms with van der Waals surface area (Å²) in [4.78, 5) is 5.89. The number of hydrogen-bond donors (Lipinski definition) is 0. The minimum atomic E-state index is -4.34. The first-order valence-corrected chi connectivity index (χ1v) is 7.06. The van der Waals surface area contributed by atoms with Gasteiger partial charge >= 0.3 is 6.18 Å². The van der Waals surface area contributed by atoms with Crippen LogP contribution in [0, 0.1) is 0 Å². The summed E-state index contributed by atoms with van der Waals surface area (Å²) in [5.41, 5.74) is 0.102. The third-order valence-electron chi connectivity index (χ3n) is 3.54. The molecule has 0 radical (unpaired) electrons. The van der Waals surface area contributed by atoms with Crippen molar-refractivity contribution < 1.29 is 17.9 Å². The highest BCUT2D eigenvalue weighted by atomic mass is 19.4. The molecule has 120 valence electrons. The lowest BCUT2D eigenvalue weighted by molar-refractivity contribution is -0.273. The molecule has 21 heavy (non-hydrogen) atoms. The van der Waals surface area contributed by atoms with Gasteiger partial charge in [0, 0.05) is 31.9 Å². The van der Waals surface area contributed by atoms with Gasteiger partial charge < -0.3 is 9.30 Å². The number of imidazole rings is 1. The van der Waals surface area contributed by atoms with Crippen molar-refractivity contribution in [3.05, 3.63) is 18.2 Å². The van der Waals surface area contributed by atoms with E-state index in [1.165, 1.54) is 0 Å². The second-order valence-electron chi connectivity index (χ2n) is 6.46. The van der Waals surface area contributed by atoms with Crippen molar-refractivity contribution in [3.8, 4) is 0 Å². The van der Waals surface area contributed by atoms with E-state index in [1.54, 1.807) is 31.3 Å². The quantitative estimate of drug-likeness (QED) is 0.860. The van der Waals surface area contributed by atoms with Gasteiger partial charge in [-0.1, -0.05) is 0 Å². The predicted molar refractivity (Wildman–Crippen MR) is 72.9 cm³/mol. The summed E-state index contributed by atoms with van der Waals surface area (Å²) in [6.45, 7) is 8.19. The molecule has 0 spiro atoms. The Morgan fingerprint density at radius 1 is 1.43 bits per heavy atom. The van der Waals surface area contributed by atoms with Crippen molar-refractivity contribution >= 4 is 0 Å². The predicted octanol–water partition coefficient (Wildman–Crippen LogP) is 3.01. The van der Waals surface area contributed by atoms with E-state index in [4.69, 9.17) is 4.74 Å². The van der Waals surface area contributed by atoms with Crippen LogP contribution in [0.25, 0.3) is 0 Å². The molecule has 7 heteroatoms. The Morgan fingerprint density at radius 2 is 2.10 bits per heavy atom. The number of aromatic nitrogens is 2. The van der Waals surface area contributed by atoms with Crippen LogP contribution in [0.2, 0.25) is 0 Å². The lowest BCUT2D eigenvalue weighted by Crippen LogP contribution is -2.56. The minimum Gasteiger partial charge on any atom is -0.360 e. The number of rotatable bonds is 3. The Hall–Kier alpha value is -1.08. The summed E-state index contributed by atoms with van der Waals surface area (Å²) in [5.74, 6) is 0. The highest BCUT2D eigenvalue weighted by molar-refractivity contribution is 5.01. The topological polar surface area (TPSA) is 30.3 Å². The van der Waals surface area contributed by atoms with E-state index in [2.05, 4.69) is 4.98 Å². The molecule has 1 aliphatic heterocycles. The fourth-order valence-electron chi connectivity index (χ4n) is 2.74. The summed E-state index contributed by atoms with van der Waals surface area (Å²) in [5, 5.41) is 0. The molecule has 1 aromatic rings. The molecule has 0 bridgehead atoms. The molecule has 1 aromatic heterocycles. The molecule has 1 atom stereocenters. The molecule has 0 aliphatic carbocycles. The summed E-state index contributed by atoms with van der Waals surface area (Å²) < 4.78 is 46.1. The van der Waals surface area contributed by atoms with E-state index < -0.39 is 17.9 Å². The number of alkyl halides is 3. The van der Waals surface area contributed by atoms with Gasteiger partial charge in [-0.05, 0) is 27.7 Å². The van der Waals surface area contributed by atoms with Crippen LogP contribution in [0.1, 0.15) is 39.4 Å². The fraction of sp³-hybridized carbons (Fsp3) is 0.786. The molecule has 0 N–H and O–H groups in total. The summed E-state index contributed by atoms with van der Waals surface area (Å²) in [7, 11) is 0. The van der Waals surface area contributed by atoms with Gasteiger partial charge in [0.25, 0.3) is 0 Å². The molecule has 1 aliphatic rings. The Balaban J connectivity index is 2.13. The maximum atomic E-state index is 13.0. The van der Waals surface area contributed by atoms with Crippen molar-refractivity contribution in [1.29, 1.82) is 0 Å². The van der Waals surface area contributed by atoms with E-state index in [9.17, 15) is 13.2 Å².